The van der Waals surface area contributed by atoms with Crippen LogP contribution < -0.4 is 0 Å². The maximum atomic E-state index is 12.4. The van der Waals surface area contributed by atoms with Crippen molar-refractivity contribution in [3.63, 3.8) is 0 Å². The van der Waals surface area contributed by atoms with E-state index in [1.165, 1.54) is 0 Å². The Labute approximate surface area is 114 Å². The van der Waals surface area contributed by atoms with E-state index in [2.05, 4.69) is 16.6 Å². The fraction of sp³-hybridized carbons (Fsp3) is 0.467. The molecule has 2 aromatic heterocycles. The third-order valence-corrected chi connectivity index (χ3v) is 3.59. The number of carbonyl (C=O) groups is 1. The van der Waals surface area contributed by atoms with Gasteiger partial charge in [0.2, 0.25) is 0 Å². The number of hydrogen-bond donors (Lipinski definition) is 0. The Morgan fingerprint density at radius 2 is 1.84 bits per heavy atom. The Morgan fingerprint density at radius 3 is 2.32 bits per heavy atom. The molecule has 0 aliphatic heterocycles. The largest absolute Gasteiger partial charge is 0.349 e. The summed E-state index contributed by atoms with van der Waals surface area (Å²) in [5.74, 6) is 0.124. The van der Waals surface area contributed by atoms with Crippen molar-refractivity contribution in [2.24, 2.45) is 0 Å². The normalized spacial score (nSPS) is 11.0. The minimum absolute atomic E-state index is 0.124. The van der Waals surface area contributed by atoms with Crippen molar-refractivity contribution in [3.8, 4) is 0 Å². The molecule has 0 aliphatic carbocycles. The van der Waals surface area contributed by atoms with Crippen molar-refractivity contribution in [1.82, 2.24) is 14.3 Å². The Bertz CT molecular complexity index is 620. The molecule has 0 atom stereocenters. The average molecular weight is 259 g/mol. The maximum Gasteiger partial charge on any atom is 0.186 e. The van der Waals surface area contributed by atoms with E-state index in [1.54, 1.807) is 4.68 Å². The van der Waals surface area contributed by atoms with Crippen LogP contribution in [-0.4, -0.2) is 20.1 Å². The first-order valence-electron chi connectivity index (χ1n) is 6.65. The molecule has 0 bridgehead atoms. The lowest BCUT2D eigenvalue weighted by Crippen LogP contribution is -2.14. The summed E-state index contributed by atoms with van der Waals surface area (Å²) in [5, 5.41) is 4.34. The van der Waals surface area contributed by atoms with E-state index in [-0.39, 0.29) is 5.78 Å². The summed E-state index contributed by atoms with van der Waals surface area (Å²) in [6.07, 6.45) is 0. The van der Waals surface area contributed by atoms with E-state index < -0.39 is 0 Å². The molecule has 4 heteroatoms. The summed E-state index contributed by atoms with van der Waals surface area (Å²) in [6, 6.07) is 3.97. The van der Waals surface area contributed by atoms with Crippen LogP contribution in [0, 0.1) is 27.7 Å². The highest BCUT2D eigenvalue weighted by Gasteiger charge is 2.16. The lowest BCUT2D eigenvalue weighted by Gasteiger charge is -2.06. The first-order valence-corrected chi connectivity index (χ1v) is 6.65. The van der Waals surface area contributed by atoms with Crippen molar-refractivity contribution in [3.05, 3.63) is 40.5 Å². The van der Waals surface area contributed by atoms with Gasteiger partial charge in [0.05, 0.1) is 5.69 Å². The summed E-state index contributed by atoms with van der Waals surface area (Å²) in [7, 11) is 0. The van der Waals surface area contributed by atoms with E-state index in [1.807, 2.05) is 39.8 Å². The number of hydrogen-bond acceptors (Lipinski definition) is 2. The van der Waals surface area contributed by atoms with Crippen molar-refractivity contribution < 1.29 is 4.79 Å². The maximum absolute atomic E-state index is 12.4. The van der Waals surface area contributed by atoms with Crippen LogP contribution in [0.5, 0.6) is 0 Å². The predicted octanol–water partition coefficient (Wildman–Crippen LogP) is 2.82. The van der Waals surface area contributed by atoms with Crippen LogP contribution in [0.4, 0.5) is 0 Å². The van der Waals surface area contributed by atoms with E-state index in [0.717, 1.165) is 34.9 Å². The van der Waals surface area contributed by atoms with Crippen LogP contribution in [0.15, 0.2) is 12.1 Å². The SMILES string of the molecule is CCn1c(C)cc(C(=O)Cn2nc(C)cc2C)c1C. The summed E-state index contributed by atoms with van der Waals surface area (Å²) >= 11 is 0. The number of aromatic nitrogens is 3. The number of nitrogens with zero attached hydrogens (tertiary/aromatic N) is 3. The molecule has 0 aromatic carbocycles. The minimum atomic E-state index is 0.124. The zero-order chi connectivity index (χ0) is 14.2. The number of ketones is 1. The molecule has 2 rings (SSSR count). The average Bonchev–Trinajstić information content (AvgIpc) is 2.79. The van der Waals surface area contributed by atoms with Crippen molar-refractivity contribution in [2.45, 2.75) is 47.7 Å². The van der Waals surface area contributed by atoms with Crippen LogP contribution in [0.25, 0.3) is 0 Å². The smallest absolute Gasteiger partial charge is 0.186 e. The van der Waals surface area contributed by atoms with Crippen molar-refractivity contribution in [1.29, 1.82) is 0 Å². The summed E-state index contributed by atoms with van der Waals surface area (Å²) < 4.78 is 3.93. The van der Waals surface area contributed by atoms with E-state index in [9.17, 15) is 4.79 Å². The summed E-state index contributed by atoms with van der Waals surface area (Å²) in [5.41, 5.74) is 4.97. The fourth-order valence-electron chi connectivity index (χ4n) is 2.63. The molecule has 0 fully saturated rings. The number of rotatable bonds is 4. The van der Waals surface area contributed by atoms with Gasteiger partial charge in [-0.1, -0.05) is 0 Å². The molecule has 0 saturated carbocycles. The van der Waals surface area contributed by atoms with Gasteiger partial charge in [0, 0.05) is 29.2 Å². The van der Waals surface area contributed by atoms with E-state index >= 15 is 0 Å². The third kappa shape index (κ3) is 2.48. The highest BCUT2D eigenvalue weighted by atomic mass is 16.1. The molecule has 19 heavy (non-hydrogen) atoms. The molecule has 0 spiro atoms. The first kappa shape index (κ1) is 13.6. The highest BCUT2D eigenvalue weighted by molar-refractivity contribution is 5.97. The second-order valence-electron chi connectivity index (χ2n) is 5.04. The molecule has 2 aromatic rings. The van der Waals surface area contributed by atoms with Gasteiger partial charge in [0.25, 0.3) is 0 Å². The molecule has 0 saturated heterocycles. The van der Waals surface area contributed by atoms with Crippen molar-refractivity contribution in [2.75, 3.05) is 0 Å². The van der Waals surface area contributed by atoms with Gasteiger partial charge in [-0.2, -0.15) is 5.10 Å². The standard InChI is InChI=1S/C15H21N3O/c1-6-17-11(3)8-14(13(17)5)15(19)9-18-12(4)7-10(2)16-18/h7-8H,6,9H2,1-5H3. The molecule has 2 heterocycles. The molecule has 4 nitrogen and oxygen atoms in total. The van der Waals surface area contributed by atoms with Gasteiger partial charge in [-0.3, -0.25) is 9.48 Å². The third-order valence-electron chi connectivity index (χ3n) is 3.59. The quantitative estimate of drug-likeness (QED) is 0.792. The Hall–Kier alpha value is -1.84. The topological polar surface area (TPSA) is 39.8 Å². The molecule has 0 radical (unpaired) electrons. The Balaban J connectivity index is 2.28. The zero-order valence-electron chi connectivity index (χ0n) is 12.3. The minimum Gasteiger partial charge on any atom is -0.349 e. The van der Waals surface area contributed by atoms with Gasteiger partial charge in [-0.15, -0.1) is 0 Å². The second kappa shape index (κ2) is 5.03. The summed E-state index contributed by atoms with van der Waals surface area (Å²) in [6.45, 7) is 11.3. The van der Waals surface area contributed by atoms with Gasteiger partial charge < -0.3 is 4.57 Å². The van der Waals surface area contributed by atoms with Gasteiger partial charge in [0.15, 0.2) is 5.78 Å². The first-order chi connectivity index (χ1) is 8.93. The predicted molar refractivity (Wildman–Crippen MR) is 75.6 cm³/mol. The Morgan fingerprint density at radius 1 is 1.16 bits per heavy atom. The number of aryl methyl sites for hydroxylation is 3. The highest BCUT2D eigenvalue weighted by Crippen LogP contribution is 2.16. The second-order valence-corrected chi connectivity index (χ2v) is 5.04. The van der Waals surface area contributed by atoms with Crippen LogP contribution in [0.2, 0.25) is 0 Å². The molecule has 102 valence electrons. The van der Waals surface area contributed by atoms with Crippen LogP contribution in [-0.2, 0) is 13.1 Å². The Kier molecular flexibility index (Phi) is 3.60. The molecule has 0 unspecified atom stereocenters. The molecular formula is C15H21N3O. The molecular weight excluding hydrogens is 238 g/mol. The van der Waals surface area contributed by atoms with E-state index in [0.29, 0.717) is 6.54 Å². The lowest BCUT2D eigenvalue weighted by atomic mass is 10.1. The van der Waals surface area contributed by atoms with Crippen molar-refractivity contribution >= 4 is 5.78 Å². The zero-order valence-corrected chi connectivity index (χ0v) is 12.3. The van der Waals surface area contributed by atoms with Crippen LogP contribution >= 0.6 is 0 Å². The van der Waals surface area contributed by atoms with Gasteiger partial charge >= 0.3 is 0 Å². The summed E-state index contributed by atoms with van der Waals surface area (Å²) in [4.78, 5) is 12.4. The number of Topliss-reactive ketones (excluding diaryl/α,β-unsaturated/α-hetero) is 1. The van der Waals surface area contributed by atoms with Gasteiger partial charge in [-0.05, 0) is 46.8 Å². The van der Waals surface area contributed by atoms with Gasteiger partial charge in [0.1, 0.15) is 6.54 Å². The van der Waals surface area contributed by atoms with Crippen LogP contribution in [0.1, 0.15) is 40.1 Å². The van der Waals surface area contributed by atoms with E-state index in [4.69, 9.17) is 0 Å². The lowest BCUT2D eigenvalue weighted by molar-refractivity contribution is 0.0966. The van der Waals surface area contributed by atoms with Gasteiger partial charge in [-0.25, -0.2) is 0 Å². The molecule has 0 amide bonds. The van der Waals surface area contributed by atoms with Crippen LogP contribution in [0.3, 0.4) is 0 Å². The molecule has 0 aliphatic rings. The molecule has 0 N–H and O–H groups in total. The fourth-order valence-corrected chi connectivity index (χ4v) is 2.63. The monoisotopic (exact) mass is 259 g/mol. The number of carbonyl (C=O) groups excluding carboxylic acids is 1.